The van der Waals surface area contributed by atoms with Gasteiger partial charge >= 0.3 is 0 Å². The minimum Gasteiger partial charge on any atom is -0.386 e. The van der Waals surface area contributed by atoms with Gasteiger partial charge in [-0.25, -0.2) is 0 Å². The normalized spacial score (nSPS) is 15.4. The molecule has 16 heteroatoms. The van der Waals surface area contributed by atoms with Gasteiger partial charge in [-0.3, -0.25) is 20.8 Å². The maximum atomic E-state index is 7.25. The van der Waals surface area contributed by atoms with Crippen LogP contribution in [0.1, 0.15) is 55.4 Å². The molecule has 2 aliphatic rings. The van der Waals surface area contributed by atoms with Crippen LogP contribution in [0.25, 0.3) is 0 Å². The largest absolute Gasteiger partial charge is 0.386 e. The van der Waals surface area contributed by atoms with Crippen molar-refractivity contribution in [3.05, 3.63) is 0 Å². The molecule has 0 radical (unpaired) electrons. The van der Waals surface area contributed by atoms with E-state index in [1.54, 1.807) is 27.7 Å². The van der Waals surface area contributed by atoms with Gasteiger partial charge in [0.05, 0.1) is 13.1 Å². The van der Waals surface area contributed by atoms with E-state index in [0.29, 0.717) is 0 Å². The first-order valence-corrected chi connectivity index (χ1v) is 10.7. The van der Waals surface area contributed by atoms with Crippen molar-refractivity contribution in [2.75, 3.05) is 26.2 Å². The summed E-state index contributed by atoms with van der Waals surface area (Å²) in [6, 6.07) is 0. The molecule has 212 valence electrons. The lowest BCUT2D eigenvalue weighted by atomic mass is 10.0. The lowest BCUT2D eigenvalue weighted by Crippen LogP contribution is -2.41. The van der Waals surface area contributed by atoms with Crippen LogP contribution in [0.5, 0.6) is 0 Å². The summed E-state index contributed by atoms with van der Waals surface area (Å²) >= 11 is 0. The van der Waals surface area contributed by atoms with Crippen molar-refractivity contribution < 1.29 is 0 Å². The van der Waals surface area contributed by atoms with Crippen LogP contribution in [-0.4, -0.2) is 71.7 Å². The summed E-state index contributed by atoms with van der Waals surface area (Å²) in [5.74, 6) is 1.70. The summed E-state index contributed by atoms with van der Waals surface area (Å²) in [5, 5.41) is 37.7. The first kappa shape index (κ1) is 41.4. The monoisotopic (exact) mass is 592 g/mol. The van der Waals surface area contributed by atoms with Crippen molar-refractivity contribution in [3.63, 3.8) is 0 Å². The molecule has 36 heavy (non-hydrogen) atoms. The quantitative estimate of drug-likeness (QED) is 0.142. The van der Waals surface area contributed by atoms with E-state index in [1.165, 1.54) is 0 Å². The third-order valence-corrected chi connectivity index (χ3v) is 4.93. The van der Waals surface area contributed by atoms with Crippen molar-refractivity contribution in [2.24, 2.45) is 41.9 Å². The predicted octanol–water partition coefficient (Wildman–Crippen LogP) is 3.55. The molecule has 0 atom stereocenters. The van der Waals surface area contributed by atoms with Crippen LogP contribution in [0, 0.1) is 10.8 Å². The van der Waals surface area contributed by atoms with Crippen molar-refractivity contribution in [2.45, 2.75) is 77.5 Å². The molecule has 0 spiro atoms. The fourth-order valence-electron chi connectivity index (χ4n) is 2.32. The van der Waals surface area contributed by atoms with Crippen molar-refractivity contribution in [3.8, 4) is 0 Å². The number of hydrogen-bond donors (Lipinski definition) is 6. The minimum atomic E-state index is -0.841. The minimum absolute atomic E-state index is 0. The van der Waals surface area contributed by atoms with Crippen LogP contribution in [0.2, 0.25) is 0 Å². The number of rotatable bonds is 8. The number of hydrogen-bond acceptors (Lipinski definition) is 10. The third kappa shape index (κ3) is 12.5. The van der Waals surface area contributed by atoms with Gasteiger partial charge in [-0.05, 0) is 55.4 Å². The Kier molecular flexibility index (Phi) is 18.6. The molecule has 12 nitrogen and oxygen atoms in total. The number of nitrogens with one attached hydrogen (secondary N) is 4. The molecule has 2 aliphatic heterocycles. The Morgan fingerprint density at radius 2 is 0.917 bits per heavy atom. The van der Waals surface area contributed by atoms with Crippen LogP contribution in [-0.2, 0) is 0 Å². The average Bonchev–Trinajstić information content (AvgIpc) is 3.39. The second kappa shape index (κ2) is 16.2. The lowest BCUT2D eigenvalue weighted by molar-refractivity contribution is 0.552. The molecule has 8 N–H and O–H groups in total. The van der Waals surface area contributed by atoms with Gasteiger partial charge in [0.2, 0.25) is 0 Å². The Hall–Kier alpha value is -1.76. The highest BCUT2D eigenvalue weighted by Crippen LogP contribution is 2.19. The Bertz CT molecular complexity index is 767. The highest BCUT2D eigenvalue weighted by Gasteiger charge is 2.31. The molecule has 2 rings (SSSR count). The fraction of sp³-hybridized carbons (Fsp3) is 0.800. The van der Waals surface area contributed by atoms with Crippen molar-refractivity contribution in [1.29, 1.82) is 10.8 Å². The van der Waals surface area contributed by atoms with E-state index in [4.69, 9.17) is 22.3 Å². The second-order valence-corrected chi connectivity index (χ2v) is 9.78. The Morgan fingerprint density at radius 3 is 1.11 bits per heavy atom. The number of amidine groups is 4. The summed E-state index contributed by atoms with van der Waals surface area (Å²) in [4.78, 5) is 8.82. The Labute approximate surface area is 239 Å². The van der Waals surface area contributed by atoms with Crippen molar-refractivity contribution in [1.82, 2.24) is 10.6 Å². The van der Waals surface area contributed by atoms with E-state index in [2.05, 4.69) is 41.1 Å². The van der Waals surface area contributed by atoms with E-state index in [1.807, 2.05) is 27.7 Å². The lowest BCUT2D eigenvalue weighted by Gasteiger charge is -2.23. The molecule has 0 fully saturated rings. The van der Waals surface area contributed by atoms with Gasteiger partial charge in [0.25, 0.3) is 0 Å². The summed E-state index contributed by atoms with van der Waals surface area (Å²) in [5.41, 5.74) is 8.17. The average molecular weight is 594 g/mol. The van der Waals surface area contributed by atoms with Gasteiger partial charge < -0.3 is 22.1 Å². The molecular formula is C20H44Cl4N12. The number of nitrogens with zero attached hydrogens (tertiary/aromatic N) is 6. The van der Waals surface area contributed by atoms with Gasteiger partial charge in [-0.15, -0.1) is 49.6 Å². The molecule has 0 aromatic carbocycles. The van der Waals surface area contributed by atoms with Gasteiger partial charge in [0.15, 0.2) is 0 Å². The van der Waals surface area contributed by atoms with E-state index in [9.17, 15) is 0 Å². The first-order chi connectivity index (χ1) is 14.5. The van der Waals surface area contributed by atoms with Crippen LogP contribution in [0.4, 0.5) is 0 Å². The Morgan fingerprint density at radius 1 is 0.639 bits per heavy atom. The van der Waals surface area contributed by atoms with E-state index >= 15 is 0 Å². The van der Waals surface area contributed by atoms with E-state index in [0.717, 1.165) is 37.9 Å². The summed E-state index contributed by atoms with van der Waals surface area (Å²) in [7, 11) is 0. The third-order valence-electron chi connectivity index (χ3n) is 4.93. The van der Waals surface area contributed by atoms with Crippen LogP contribution in [0.3, 0.4) is 0 Å². The van der Waals surface area contributed by atoms with Crippen LogP contribution < -0.4 is 22.1 Å². The molecule has 0 aromatic heterocycles. The van der Waals surface area contributed by atoms with Crippen molar-refractivity contribution >= 4 is 73.0 Å². The highest BCUT2D eigenvalue weighted by molar-refractivity contribution is 5.93. The molecular weight excluding hydrogens is 550 g/mol. The number of nitrogens with two attached hydrogens (primary N) is 2. The molecule has 0 aliphatic carbocycles. The van der Waals surface area contributed by atoms with E-state index in [-0.39, 0.29) is 61.3 Å². The standard InChI is InChI=1S/C12H22N6.C8H18N6.4ClH/c1-11(2,9-13-5-6-14-9)17-18-12(3,4)10-15-7-8-16-10;1-7(2,5(9)10)13-14-8(3,4)6(11)12;;;;/h5-8H2,1-4H3,(H,13,14)(H,15,16);1-4H3,(H3,9,10)(H3,11,12);4*1H. The zero-order valence-electron chi connectivity index (χ0n) is 22.3. The van der Waals surface area contributed by atoms with E-state index < -0.39 is 22.2 Å². The SMILES string of the molecule is CC(C)(N=NC(C)(C)C(=N)N)C(=N)N.CC(C)(N=NC(C)(C)C1=NCCN1)C1=NCCN1.Cl.Cl.Cl.Cl. The summed E-state index contributed by atoms with van der Waals surface area (Å²) < 4.78 is 0. The predicted molar refractivity (Wildman–Crippen MR) is 159 cm³/mol. The summed E-state index contributed by atoms with van der Waals surface area (Å²) in [6.07, 6.45) is 0. The molecule has 0 aromatic rings. The zero-order valence-corrected chi connectivity index (χ0v) is 25.6. The zero-order chi connectivity index (χ0) is 24.8. The molecule has 0 unspecified atom stereocenters. The first-order valence-electron chi connectivity index (χ1n) is 10.7. The van der Waals surface area contributed by atoms with Gasteiger partial charge in [-0.2, -0.15) is 20.5 Å². The highest BCUT2D eigenvalue weighted by atomic mass is 35.5. The number of halogens is 4. The van der Waals surface area contributed by atoms with Gasteiger partial charge in [0, 0.05) is 13.1 Å². The molecule has 0 saturated carbocycles. The number of aliphatic imine (C=N–C) groups is 2. The van der Waals surface area contributed by atoms with Crippen LogP contribution in [0.15, 0.2) is 30.4 Å². The second-order valence-electron chi connectivity index (χ2n) is 9.78. The molecule has 2 heterocycles. The number of azo groups is 2. The molecule has 0 bridgehead atoms. The van der Waals surface area contributed by atoms with Gasteiger partial charge in [0.1, 0.15) is 45.5 Å². The maximum absolute atomic E-state index is 7.25. The van der Waals surface area contributed by atoms with Crippen LogP contribution >= 0.6 is 49.6 Å². The topological polar surface area (TPSA) is 198 Å². The smallest absolute Gasteiger partial charge is 0.133 e. The molecule has 0 amide bonds. The molecule has 0 saturated heterocycles. The summed E-state index contributed by atoms with van der Waals surface area (Å²) in [6.45, 7) is 18.2. The van der Waals surface area contributed by atoms with Gasteiger partial charge in [-0.1, -0.05) is 0 Å². The maximum Gasteiger partial charge on any atom is 0.133 e. The Balaban J connectivity index is -0.000000263. The fourth-order valence-corrected chi connectivity index (χ4v) is 2.32.